The Morgan fingerprint density at radius 3 is 2.82 bits per heavy atom. The van der Waals surface area contributed by atoms with Gasteiger partial charge < -0.3 is 14.3 Å². The van der Waals surface area contributed by atoms with E-state index < -0.39 is 16.0 Å². The zero-order valence-corrected chi connectivity index (χ0v) is 13.7. The first kappa shape index (κ1) is 17.0. The third kappa shape index (κ3) is 3.04. The van der Waals surface area contributed by atoms with Crippen molar-refractivity contribution in [3.8, 4) is 0 Å². The molecule has 0 spiro atoms. The lowest BCUT2D eigenvalue weighted by Crippen LogP contribution is -2.44. The summed E-state index contributed by atoms with van der Waals surface area (Å²) in [5.74, 6) is -0.648. The molecule has 1 fully saturated rings. The average molecular weight is 331 g/mol. The summed E-state index contributed by atoms with van der Waals surface area (Å²) in [5.41, 5.74) is 0.412. The van der Waals surface area contributed by atoms with Gasteiger partial charge in [-0.1, -0.05) is 6.92 Å². The molecule has 22 heavy (non-hydrogen) atoms. The van der Waals surface area contributed by atoms with Crippen LogP contribution in [0, 0.1) is 18.8 Å². The molecule has 1 saturated heterocycles. The van der Waals surface area contributed by atoms with Crippen LogP contribution in [0.4, 0.5) is 0 Å². The van der Waals surface area contributed by atoms with Gasteiger partial charge in [0.1, 0.15) is 0 Å². The summed E-state index contributed by atoms with van der Waals surface area (Å²) >= 11 is 0. The number of methoxy groups -OCH3 is 1. The number of furan rings is 1. The molecular weight excluding hydrogens is 310 g/mol. The van der Waals surface area contributed by atoms with Crippen molar-refractivity contribution in [1.82, 2.24) is 4.31 Å². The second-order valence-corrected chi connectivity index (χ2v) is 7.51. The van der Waals surface area contributed by atoms with Gasteiger partial charge >= 0.3 is 5.97 Å². The Labute approximate surface area is 129 Å². The maximum atomic E-state index is 12.6. The number of nitrogens with zero attached hydrogens (tertiary/aromatic N) is 1. The summed E-state index contributed by atoms with van der Waals surface area (Å²) in [6.45, 7) is 4.14. The highest BCUT2D eigenvalue weighted by Gasteiger charge is 2.36. The van der Waals surface area contributed by atoms with Gasteiger partial charge in [0.2, 0.25) is 10.9 Å². The molecule has 1 aliphatic rings. The molecule has 0 saturated carbocycles. The molecule has 8 heteroatoms. The Hall–Kier alpha value is -1.38. The number of carbonyl (C=O) groups is 1. The first-order valence-electron chi connectivity index (χ1n) is 7.11. The van der Waals surface area contributed by atoms with E-state index in [1.54, 1.807) is 6.92 Å². The molecule has 0 bridgehead atoms. The number of hydrogen-bond acceptors (Lipinski definition) is 6. The lowest BCUT2D eigenvalue weighted by molar-refractivity contribution is 0.0557. The zero-order valence-electron chi connectivity index (χ0n) is 12.9. The largest absolute Gasteiger partial charge is 0.463 e. The second-order valence-electron chi connectivity index (χ2n) is 5.64. The smallest absolute Gasteiger partial charge is 0.374 e. The van der Waals surface area contributed by atoms with Gasteiger partial charge in [-0.2, -0.15) is 4.31 Å². The van der Waals surface area contributed by atoms with E-state index in [2.05, 4.69) is 4.74 Å². The Balaban J connectivity index is 2.29. The molecule has 2 rings (SSSR count). The predicted octanol–water partition coefficient (Wildman–Crippen LogP) is 1.01. The molecule has 124 valence electrons. The minimum absolute atomic E-state index is 0.0578. The Kier molecular flexibility index (Phi) is 4.93. The lowest BCUT2D eigenvalue weighted by atomic mass is 9.89. The highest BCUT2D eigenvalue weighted by Crippen LogP contribution is 2.29. The predicted molar refractivity (Wildman–Crippen MR) is 77.9 cm³/mol. The lowest BCUT2D eigenvalue weighted by Gasteiger charge is -2.34. The molecule has 7 nitrogen and oxygen atoms in total. The van der Waals surface area contributed by atoms with Crippen molar-refractivity contribution in [3.63, 3.8) is 0 Å². The van der Waals surface area contributed by atoms with Gasteiger partial charge in [-0.15, -0.1) is 0 Å². The van der Waals surface area contributed by atoms with Crippen molar-refractivity contribution < 1.29 is 27.5 Å². The Morgan fingerprint density at radius 2 is 2.23 bits per heavy atom. The van der Waals surface area contributed by atoms with Gasteiger partial charge in [-0.3, -0.25) is 0 Å². The topological polar surface area (TPSA) is 97.0 Å². The third-order valence-electron chi connectivity index (χ3n) is 4.17. The number of ether oxygens (including phenoxy) is 1. The number of carbonyl (C=O) groups excluding carboxylic acids is 1. The second kappa shape index (κ2) is 6.39. The van der Waals surface area contributed by atoms with Crippen LogP contribution in [0.25, 0.3) is 0 Å². The fourth-order valence-corrected chi connectivity index (χ4v) is 4.08. The molecule has 1 N–H and O–H groups in total. The first-order valence-corrected chi connectivity index (χ1v) is 8.55. The average Bonchev–Trinajstić information content (AvgIpc) is 2.89. The van der Waals surface area contributed by atoms with Crippen LogP contribution in [0.1, 0.15) is 29.5 Å². The molecule has 1 aromatic rings. The fraction of sp³-hybridized carbons (Fsp3) is 0.643. The minimum Gasteiger partial charge on any atom is -0.463 e. The maximum Gasteiger partial charge on any atom is 0.374 e. The van der Waals surface area contributed by atoms with E-state index in [0.717, 1.165) is 0 Å². The van der Waals surface area contributed by atoms with E-state index in [0.29, 0.717) is 18.5 Å². The Bertz CT molecular complexity index is 650. The number of hydrogen-bond donors (Lipinski definition) is 1. The molecule has 2 atom stereocenters. The molecule has 0 aliphatic carbocycles. The van der Waals surface area contributed by atoms with Crippen LogP contribution in [-0.4, -0.2) is 50.6 Å². The van der Waals surface area contributed by atoms with E-state index >= 15 is 0 Å². The third-order valence-corrected chi connectivity index (χ3v) is 5.89. The molecule has 0 radical (unpaired) electrons. The number of esters is 1. The van der Waals surface area contributed by atoms with Gasteiger partial charge in [-0.25, -0.2) is 13.2 Å². The maximum absolute atomic E-state index is 12.6. The van der Waals surface area contributed by atoms with Gasteiger partial charge in [0.25, 0.3) is 10.0 Å². The standard InChI is InChI=1S/C14H21NO6S/c1-9-4-5-15(7-11(9)8-16)22(18,19)12-6-10(2)13(21-12)14(17)20-3/h6,9,11,16H,4-5,7-8H2,1-3H3. The number of piperidine rings is 1. The normalized spacial score (nSPS) is 23.5. The Morgan fingerprint density at radius 1 is 1.55 bits per heavy atom. The van der Waals surface area contributed by atoms with E-state index in [1.165, 1.54) is 17.5 Å². The van der Waals surface area contributed by atoms with Crippen LogP contribution in [0.3, 0.4) is 0 Å². The van der Waals surface area contributed by atoms with Crippen LogP contribution >= 0.6 is 0 Å². The summed E-state index contributed by atoms with van der Waals surface area (Å²) in [7, 11) is -2.62. The highest BCUT2D eigenvalue weighted by molar-refractivity contribution is 7.89. The van der Waals surface area contributed by atoms with Crippen LogP contribution < -0.4 is 0 Å². The summed E-state index contributed by atoms with van der Waals surface area (Å²) in [6.07, 6.45) is 0.675. The SMILES string of the molecule is COC(=O)c1oc(S(=O)(=O)N2CCC(C)C(CO)C2)cc1C. The molecule has 2 heterocycles. The van der Waals surface area contributed by atoms with E-state index in [-0.39, 0.29) is 35.8 Å². The van der Waals surface area contributed by atoms with E-state index in [9.17, 15) is 18.3 Å². The molecule has 0 aromatic carbocycles. The fourth-order valence-electron chi connectivity index (χ4n) is 2.57. The van der Waals surface area contributed by atoms with E-state index in [1.807, 2.05) is 6.92 Å². The van der Waals surface area contributed by atoms with Crippen molar-refractivity contribution in [2.75, 3.05) is 26.8 Å². The zero-order chi connectivity index (χ0) is 16.5. The van der Waals surface area contributed by atoms with Gasteiger partial charge in [-0.05, 0) is 25.2 Å². The molecule has 0 amide bonds. The van der Waals surface area contributed by atoms with Crippen molar-refractivity contribution >= 4 is 16.0 Å². The molecule has 1 aliphatic heterocycles. The van der Waals surface area contributed by atoms with Crippen LogP contribution in [0.15, 0.2) is 15.6 Å². The van der Waals surface area contributed by atoms with Crippen molar-refractivity contribution in [2.45, 2.75) is 25.4 Å². The summed E-state index contributed by atoms with van der Waals surface area (Å²) in [5, 5.41) is 9.10. The quantitative estimate of drug-likeness (QED) is 0.827. The van der Waals surface area contributed by atoms with Crippen LogP contribution in [0.2, 0.25) is 0 Å². The van der Waals surface area contributed by atoms with Crippen molar-refractivity contribution in [3.05, 3.63) is 17.4 Å². The number of sulfonamides is 1. The number of aliphatic hydroxyl groups excluding tert-OH is 1. The first-order chi connectivity index (χ1) is 10.3. The van der Waals surface area contributed by atoms with Crippen molar-refractivity contribution in [2.24, 2.45) is 11.8 Å². The summed E-state index contributed by atoms with van der Waals surface area (Å²) in [6, 6.07) is 1.33. The molecular formula is C14H21NO6S. The van der Waals surface area contributed by atoms with Crippen LogP contribution in [0.5, 0.6) is 0 Å². The number of aryl methyl sites for hydroxylation is 1. The van der Waals surface area contributed by atoms with Gasteiger partial charge in [0, 0.05) is 31.3 Å². The molecule has 1 aromatic heterocycles. The summed E-state index contributed by atoms with van der Waals surface area (Å²) in [4.78, 5) is 11.5. The number of rotatable bonds is 4. The highest BCUT2D eigenvalue weighted by atomic mass is 32.2. The molecule has 2 unspecified atom stereocenters. The van der Waals surface area contributed by atoms with E-state index in [4.69, 9.17) is 4.42 Å². The van der Waals surface area contributed by atoms with Crippen molar-refractivity contribution in [1.29, 1.82) is 0 Å². The number of aliphatic hydroxyl groups is 1. The monoisotopic (exact) mass is 331 g/mol. The van der Waals surface area contributed by atoms with Crippen LogP contribution in [-0.2, 0) is 14.8 Å². The van der Waals surface area contributed by atoms with Gasteiger partial charge in [0.05, 0.1) is 7.11 Å². The summed E-state index contributed by atoms with van der Waals surface area (Å²) < 4.78 is 36.3. The minimum atomic E-state index is -3.82. The van der Waals surface area contributed by atoms with Gasteiger partial charge in [0.15, 0.2) is 0 Å².